The number of nitrogens with one attached hydrogen (secondary N) is 1. The average molecular weight is 212 g/mol. The van der Waals surface area contributed by atoms with Crippen LogP contribution in [0.15, 0.2) is 4.52 Å². The fraction of sp³-hybridized carbons (Fsp3) is 0.727. The highest BCUT2D eigenvalue weighted by atomic mass is 16.5. The van der Waals surface area contributed by atoms with Gasteiger partial charge in [-0.15, -0.1) is 0 Å². The van der Waals surface area contributed by atoms with E-state index in [4.69, 9.17) is 9.26 Å². The van der Waals surface area contributed by atoms with Gasteiger partial charge in [0, 0.05) is 25.3 Å². The molecule has 0 fully saturated rings. The van der Waals surface area contributed by atoms with Gasteiger partial charge in [-0.25, -0.2) is 0 Å². The van der Waals surface area contributed by atoms with Crippen LogP contribution in [-0.4, -0.2) is 24.9 Å². The first kappa shape index (κ1) is 12.2. The standard InChI is InChI=1S/C11H20N2O2/c1-7(14-5)6-12-8(2)11-9(3)13-15-10(11)4/h7-8,12H,6H2,1-5H3. The molecule has 4 nitrogen and oxygen atoms in total. The maximum atomic E-state index is 5.18. The summed E-state index contributed by atoms with van der Waals surface area (Å²) in [5.41, 5.74) is 2.11. The van der Waals surface area contributed by atoms with Gasteiger partial charge in [0.05, 0.1) is 11.8 Å². The molecule has 0 saturated heterocycles. The second-order valence-corrected chi connectivity index (χ2v) is 3.91. The van der Waals surface area contributed by atoms with Gasteiger partial charge in [0.2, 0.25) is 0 Å². The topological polar surface area (TPSA) is 47.3 Å². The van der Waals surface area contributed by atoms with Crippen molar-refractivity contribution in [3.63, 3.8) is 0 Å². The highest BCUT2D eigenvalue weighted by Crippen LogP contribution is 2.20. The van der Waals surface area contributed by atoms with Gasteiger partial charge in [0.1, 0.15) is 5.76 Å². The third-order valence-electron chi connectivity index (χ3n) is 2.64. The van der Waals surface area contributed by atoms with Gasteiger partial charge in [0.15, 0.2) is 0 Å². The molecule has 2 atom stereocenters. The van der Waals surface area contributed by atoms with Crippen molar-refractivity contribution in [1.29, 1.82) is 0 Å². The van der Waals surface area contributed by atoms with E-state index >= 15 is 0 Å². The summed E-state index contributed by atoms with van der Waals surface area (Å²) >= 11 is 0. The maximum Gasteiger partial charge on any atom is 0.138 e. The minimum Gasteiger partial charge on any atom is -0.380 e. The van der Waals surface area contributed by atoms with Crippen LogP contribution in [0.1, 0.15) is 36.9 Å². The first-order valence-corrected chi connectivity index (χ1v) is 5.25. The Morgan fingerprint density at radius 1 is 1.40 bits per heavy atom. The number of rotatable bonds is 5. The Morgan fingerprint density at radius 2 is 2.07 bits per heavy atom. The summed E-state index contributed by atoms with van der Waals surface area (Å²) in [4.78, 5) is 0. The molecule has 86 valence electrons. The van der Waals surface area contributed by atoms with Crippen LogP contribution in [0.3, 0.4) is 0 Å². The molecule has 1 aromatic rings. The SMILES string of the molecule is COC(C)CNC(C)c1c(C)noc1C. The second-order valence-electron chi connectivity index (χ2n) is 3.91. The molecule has 1 heterocycles. The summed E-state index contributed by atoms with van der Waals surface area (Å²) in [5, 5.41) is 7.33. The van der Waals surface area contributed by atoms with Crippen LogP contribution in [0.5, 0.6) is 0 Å². The Labute approximate surface area is 91.0 Å². The van der Waals surface area contributed by atoms with Crippen LogP contribution in [0.25, 0.3) is 0 Å². The minimum absolute atomic E-state index is 0.216. The molecular formula is C11H20N2O2. The lowest BCUT2D eigenvalue weighted by Crippen LogP contribution is -2.28. The fourth-order valence-electron chi connectivity index (χ4n) is 1.64. The van der Waals surface area contributed by atoms with E-state index in [0.717, 1.165) is 23.6 Å². The molecule has 15 heavy (non-hydrogen) atoms. The monoisotopic (exact) mass is 212 g/mol. The molecule has 0 radical (unpaired) electrons. The molecule has 0 aromatic carbocycles. The lowest BCUT2D eigenvalue weighted by atomic mass is 10.1. The Bertz CT molecular complexity index is 290. The Hall–Kier alpha value is -0.870. The average Bonchev–Trinajstić information content (AvgIpc) is 2.54. The summed E-state index contributed by atoms with van der Waals surface area (Å²) in [7, 11) is 1.72. The first-order chi connectivity index (χ1) is 7.06. The zero-order valence-corrected chi connectivity index (χ0v) is 10.1. The zero-order valence-electron chi connectivity index (χ0n) is 10.1. The molecule has 0 bridgehead atoms. The lowest BCUT2D eigenvalue weighted by Gasteiger charge is -2.16. The quantitative estimate of drug-likeness (QED) is 0.810. The Morgan fingerprint density at radius 3 is 2.53 bits per heavy atom. The van der Waals surface area contributed by atoms with Gasteiger partial charge in [-0.2, -0.15) is 0 Å². The van der Waals surface area contributed by atoms with Gasteiger partial charge in [-0.05, 0) is 27.7 Å². The molecule has 0 spiro atoms. The van der Waals surface area contributed by atoms with E-state index in [-0.39, 0.29) is 12.1 Å². The zero-order chi connectivity index (χ0) is 11.4. The fourth-order valence-corrected chi connectivity index (χ4v) is 1.64. The van der Waals surface area contributed by atoms with Crippen LogP contribution in [0.2, 0.25) is 0 Å². The highest BCUT2D eigenvalue weighted by molar-refractivity contribution is 5.24. The molecule has 1 aromatic heterocycles. The van der Waals surface area contributed by atoms with E-state index in [1.807, 2.05) is 20.8 Å². The normalized spacial score (nSPS) is 15.3. The van der Waals surface area contributed by atoms with Crippen LogP contribution < -0.4 is 5.32 Å². The third-order valence-corrected chi connectivity index (χ3v) is 2.64. The second kappa shape index (κ2) is 5.28. The Balaban J connectivity index is 2.57. The summed E-state index contributed by atoms with van der Waals surface area (Å²) in [6, 6.07) is 0.244. The van der Waals surface area contributed by atoms with Crippen LogP contribution >= 0.6 is 0 Å². The van der Waals surface area contributed by atoms with Crippen molar-refractivity contribution >= 4 is 0 Å². The number of hydrogen-bond donors (Lipinski definition) is 1. The van der Waals surface area contributed by atoms with E-state index in [1.165, 1.54) is 0 Å². The number of hydrogen-bond acceptors (Lipinski definition) is 4. The third kappa shape index (κ3) is 3.04. The molecule has 4 heteroatoms. The molecule has 0 amide bonds. The predicted molar refractivity (Wildman–Crippen MR) is 58.9 cm³/mol. The number of methoxy groups -OCH3 is 1. The van der Waals surface area contributed by atoms with Crippen molar-refractivity contribution in [1.82, 2.24) is 10.5 Å². The molecular weight excluding hydrogens is 192 g/mol. The van der Waals surface area contributed by atoms with Gasteiger partial charge < -0.3 is 14.6 Å². The van der Waals surface area contributed by atoms with Gasteiger partial charge in [-0.1, -0.05) is 5.16 Å². The summed E-state index contributed by atoms with van der Waals surface area (Å²) in [6.07, 6.45) is 0.216. The van der Waals surface area contributed by atoms with E-state index in [1.54, 1.807) is 7.11 Å². The van der Waals surface area contributed by atoms with E-state index < -0.39 is 0 Å². The smallest absolute Gasteiger partial charge is 0.138 e. The minimum atomic E-state index is 0.216. The predicted octanol–water partition coefficient (Wildman–Crippen LogP) is 1.98. The van der Waals surface area contributed by atoms with Crippen molar-refractivity contribution in [2.24, 2.45) is 0 Å². The van der Waals surface area contributed by atoms with Crippen molar-refractivity contribution in [2.45, 2.75) is 39.8 Å². The lowest BCUT2D eigenvalue weighted by molar-refractivity contribution is 0.115. The molecule has 0 aliphatic rings. The maximum absolute atomic E-state index is 5.18. The van der Waals surface area contributed by atoms with Crippen LogP contribution in [0.4, 0.5) is 0 Å². The van der Waals surface area contributed by atoms with Gasteiger partial charge in [-0.3, -0.25) is 0 Å². The molecule has 0 saturated carbocycles. The first-order valence-electron chi connectivity index (χ1n) is 5.25. The van der Waals surface area contributed by atoms with Crippen LogP contribution in [0, 0.1) is 13.8 Å². The largest absolute Gasteiger partial charge is 0.380 e. The number of nitrogens with zero attached hydrogens (tertiary/aromatic N) is 1. The molecule has 2 unspecified atom stereocenters. The summed E-state index contributed by atoms with van der Waals surface area (Å²) in [6.45, 7) is 8.86. The van der Waals surface area contributed by atoms with Crippen molar-refractivity contribution in [3.8, 4) is 0 Å². The van der Waals surface area contributed by atoms with Crippen molar-refractivity contribution < 1.29 is 9.26 Å². The number of aryl methyl sites for hydroxylation is 2. The number of aromatic nitrogens is 1. The summed E-state index contributed by atoms with van der Waals surface area (Å²) < 4.78 is 10.3. The van der Waals surface area contributed by atoms with Crippen molar-refractivity contribution in [3.05, 3.63) is 17.0 Å². The van der Waals surface area contributed by atoms with Crippen LogP contribution in [-0.2, 0) is 4.74 Å². The van der Waals surface area contributed by atoms with Gasteiger partial charge >= 0.3 is 0 Å². The molecule has 0 aliphatic heterocycles. The Kier molecular flexibility index (Phi) is 4.29. The number of ether oxygens (including phenoxy) is 1. The van der Waals surface area contributed by atoms with Gasteiger partial charge in [0.25, 0.3) is 0 Å². The molecule has 0 aliphatic carbocycles. The highest BCUT2D eigenvalue weighted by Gasteiger charge is 2.16. The molecule has 1 N–H and O–H groups in total. The van der Waals surface area contributed by atoms with E-state index in [2.05, 4.69) is 17.4 Å². The van der Waals surface area contributed by atoms with E-state index in [9.17, 15) is 0 Å². The summed E-state index contributed by atoms with van der Waals surface area (Å²) in [5.74, 6) is 0.887. The van der Waals surface area contributed by atoms with E-state index in [0.29, 0.717) is 0 Å². The van der Waals surface area contributed by atoms with Crippen molar-refractivity contribution in [2.75, 3.05) is 13.7 Å². The molecule has 1 rings (SSSR count).